The molecule has 0 atom stereocenters. The lowest BCUT2D eigenvalue weighted by Crippen LogP contribution is -2.03. The fourth-order valence-corrected chi connectivity index (χ4v) is 3.43. The van der Waals surface area contributed by atoms with E-state index >= 15 is 0 Å². The van der Waals surface area contributed by atoms with Gasteiger partial charge in [0.25, 0.3) is 0 Å². The molecule has 2 aromatic carbocycles. The van der Waals surface area contributed by atoms with Gasteiger partial charge in [0, 0.05) is 6.07 Å². The van der Waals surface area contributed by atoms with Gasteiger partial charge in [-0.2, -0.15) is 0 Å². The minimum absolute atomic E-state index is 0.0245. The summed E-state index contributed by atoms with van der Waals surface area (Å²) in [7, 11) is 2.99. The van der Waals surface area contributed by atoms with Crippen LogP contribution in [0.2, 0.25) is 0 Å². The van der Waals surface area contributed by atoms with Gasteiger partial charge in [-0.15, -0.1) is 0 Å². The first-order valence-corrected chi connectivity index (χ1v) is 8.88. The molecule has 0 aliphatic rings. The Bertz CT molecular complexity index is 1570. The van der Waals surface area contributed by atoms with Crippen LogP contribution in [0.3, 0.4) is 0 Å². The highest BCUT2D eigenvalue weighted by molar-refractivity contribution is 6.03. The van der Waals surface area contributed by atoms with Crippen LogP contribution in [0.25, 0.3) is 44.2 Å². The molecule has 0 saturated heterocycles. The number of methoxy groups -OCH3 is 2. The molecule has 0 unspecified atom stereocenters. The van der Waals surface area contributed by atoms with Gasteiger partial charge in [0.05, 0.1) is 25.0 Å². The fourth-order valence-electron chi connectivity index (χ4n) is 3.43. The van der Waals surface area contributed by atoms with E-state index in [9.17, 15) is 14.7 Å². The Balaban J connectivity index is 1.84. The Morgan fingerprint density at radius 3 is 2.00 bits per heavy atom. The molecule has 0 bridgehead atoms. The number of aromatic hydroxyl groups is 1. The molecule has 0 spiro atoms. The number of furan rings is 1. The summed E-state index contributed by atoms with van der Waals surface area (Å²) < 4.78 is 26.9. The molecule has 5 aromatic rings. The fraction of sp³-hybridized carbons (Fsp3) is 0.0909. The minimum atomic E-state index is -0.810. The van der Waals surface area contributed by atoms with Crippen molar-refractivity contribution in [1.82, 2.24) is 0 Å². The van der Waals surface area contributed by atoms with Crippen molar-refractivity contribution in [2.24, 2.45) is 0 Å². The van der Waals surface area contributed by atoms with Gasteiger partial charge in [-0.1, -0.05) is 0 Å². The zero-order valence-electron chi connectivity index (χ0n) is 15.8. The van der Waals surface area contributed by atoms with E-state index in [2.05, 4.69) is 0 Å². The van der Waals surface area contributed by atoms with Crippen molar-refractivity contribution in [3.05, 3.63) is 63.3 Å². The molecule has 0 amide bonds. The molecule has 3 aromatic heterocycles. The summed E-state index contributed by atoms with van der Waals surface area (Å²) in [5, 5.41) is 11.7. The zero-order chi connectivity index (χ0) is 21.0. The monoisotopic (exact) mass is 406 g/mol. The second kappa shape index (κ2) is 6.41. The lowest BCUT2D eigenvalue weighted by molar-refractivity contribution is 0.414. The highest BCUT2D eigenvalue weighted by atomic mass is 16.5. The Morgan fingerprint density at radius 1 is 0.733 bits per heavy atom. The summed E-state index contributed by atoms with van der Waals surface area (Å²) in [5.41, 5.74) is -0.955. The molecule has 0 aliphatic carbocycles. The minimum Gasteiger partial charge on any atom is -0.506 e. The van der Waals surface area contributed by atoms with E-state index in [4.69, 9.17) is 22.7 Å². The summed E-state index contributed by atoms with van der Waals surface area (Å²) in [6, 6.07) is 10.9. The van der Waals surface area contributed by atoms with E-state index in [0.717, 1.165) is 0 Å². The Labute approximate surface area is 167 Å². The second-order valence-electron chi connectivity index (χ2n) is 6.58. The third kappa shape index (κ3) is 2.54. The SMILES string of the molecule is COc1ccc2oc(=O)c(-c3cc4c(=O)oc5ccc(OC)cc5c4o3)c(O)c2c1. The maximum Gasteiger partial charge on any atom is 0.351 e. The van der Waals surface area contributed by atoms with Gasteiger partial charge in [-0.3, -0.25) is 0 Å². The number of hydrogen-bond donors (Lipinski definition) is 1. The van der Waals surface area contributed by atoms with Gasteiger partial charge in [0.15, 0.2) is 5.58 Å². The van der Waals surface area contributed by atoms with E-state index in [1.54, 1.807) is 24.3 Å². The predicted molar refractivity (Wildman–Crippen MR) is 109 cm³/mol. The van der Waals surface area contributed by atoms with Crippen LogP contribution in [-0.4, -0.2) is 19.3 Å². The highest BCUT2D eigenvalue weighted by Crippen LogP contribution is 2.38. The van der Waals surface area contributed by atoms with Crippen molar-refractivity contribution in [1.29, 1.82) is 0 Å². The molecule has 8 heteroatoms. The van der Waals surface area contributed by atoms with Crippen molar-refractivity contribution in [2.75, 3.05) is 14.2 Å². The topological polar surface area (TPSA) is 112 Å². The third-order valence-corrected chi connectivity index (χ3v) is 4.92. The zero-order valence-corrected chi connectivity index (χ0v) is 15.8. The first kappa shape index (κ1) is 17.9. The maximum absolute atomic E-state index is 12.6. The normalized spacial score (nSPS) is 11.4. The number of ether oxygens (including phenoxy) is 2. The van der Waals surface area contributed by atoms with Crippen LogP contribution in [0.5, 0.6) is 17.2 Å². The lowest BCUT2D eigenvalue weighted by Gasteiger charge is -2.06. The average Bonchev–Trinajstić information content (AvgIpc) is 3.19. The molecule has 150 valence electrons. The Morgan fingerprint density at radius 2 is 1.33 bits per heavy atom. The summed E-state index contributed by atoms with van der Waals surface area (Å²) in [5.74, 6) is 0.644. The van der Waals surface area contributed by atoms with Crippen LogP contribution in [-0.2, 0) is 0 Å². The summed E-state index contributed by atoms with van der Waals surface area (Å²) in [6.07, 6.45) is 0. The van der Waals surface area contributed by atoms with Gasteiger partial charge in [-0.25, -0.2) is 9.59 Å². The smallest absolute Gasteiger partial charge is 0.351 e. The summed E-state index contributed by atoms with van der Waals surface area (Å²) >= 11 is 0. The molecule has 1 N–H and O–H groups in total. The van der Waals surface area contributed by atoms with Crippen LogP contribution in [0.4, 0.5) is 0 Å². The van der Waals surface area contributed by atoms with Crippen LogP contribution in [0, 0.1) is 0 Å². The van der Waals surface area contributed by atoms with Crippen molar-refractivity contribution in [3.8, 4) is 28.6 Å². The van der Waals surface area contributed by atoms with Gasteiger partial charge in [0.2, 0.25) is 0 Å². The van der Waals surface area contributed by atoms with Crippen LogP contribution >= 0.6 is 0 Å². The molecule has 5 rings (SSSR count). The van der Waals surface area contributed by atoms with Gasteiger partial charge < -0.3 is 27.8 Å². The highest BCUT2D eigenvalue weighted by Gasteiger charge is 2.22. The molecule has 3 heterocycles. The second-order valence-corrected chi connectivity index (χ2v) is 6.58. The first-order valence-electron chi connectivity index (χ1n) is 8.88. The van der Waals surface area contributed by atoms with Crippen LogP contribution in [0.1, 0.15) is 0 Å². The third-order valence-electron chi connectivity index (χ3n) is 4.92. The van der Waals surface area contributed by atoms with E-state index in [0.29, 0.717) is 22.5 Å². The van der Waals surface area contributed by atoms with E-state index in [1.165, 1.54) is 32.4 Å². The Hall–Kier alpha value is -4.20. The molecule has 30 heavy (non-hydrogen) atoms. The van der Waals surface area contributed by atoms with Crippen molar-refractivity contribution in [2.45, 2.75) is 0 Å². The maximum atomic E-state index is 12.6. The molecule has 0 aliphatic heterocycles. The number of fused-ring (bicyclic) bond motifs is 4. The van der Waals surface area contributed by atoms with Gasteiger partial charge in [-0.05, 0) is 36.4 Å². The first-order chi connectivity index (χ1) is 14.5. The lowest BCUT2D eigenvalue weighted by atomic mass is 10.1. The number of hydrogen-bond acceptors (Lipinski definition) is 8. The molecule has 0 saturated carbocycles. The van der Waals surface area contributed by atoms with Gasteiger partial charge in [0.1, 0.15) is 45.1 Å². The van der Waals surface area contributed by atoms with E-state index in [-0.39, 0.29) is 39.0 Å². The van der Waals surface area contributed by atoms with Crippen LogP contribution < -0.4 is 20.7 Å². The summed E-state index contributed by atoms with van der Waals surface area (Å²) in [4.78, 5) is 25.0. The van der Waals surface area contributed by atoms with Crippen LogP contribution in [0.15, 0.2) is 65.3 Å². The Kier molecular flexibility index (Phi) is 3.82. The molecular weight excluding hydrogens is 392 g/mol. The van der Waals surface area contributed by atoms with Crippen molar-refractivity contribution >= 4 is 32.9 Å². The molecule has 8 nitrogen and oxygen atoms in total. The molecule has 0 fully saturated rings. The van der Waals surface area contributed by atoms with E-state index < -0.39 is 11.3 Å². The largest absolute Gasteiger partial charge is 0.506 e. The van der Waals surface area contributed by atoms with E-state index in [1.807, 2.05) is 0 Å². The summed E-state index contributed by atoms with van der Waals surface area (Å²) in [6.45, 7) is 0. The van der Waals surface area contributed by atoms with Crippen molar-refractivity contribution in [3.63, 3.8) is 0 Å². The number of benzene rings is 2. The van der Waals surface area contributed by atoms with Crippen molar-refractivity contribution < 1.29 is 27.8 Å². The average molecular weight is 406 g/mol. The molecule has 0 radical (unpaired) electrons. The standard InChI is InChI=1S/C22H14O8/c1-26-10-3-5-15-12(7-10)19(23)18(22(25)30-15)17-9-14-20(28-17)13-8-11(27-2)4-6-16(13)29-21(14)24/h3-9,23H,1-2H3. The van der Waals surface area contributed by atoms with Gasteiger partial charge >= 0.3 is 11.3 Å². The molecular formula is C22H14O8. The quantitative estimate of drug-likeness (QED) is 0.447. The number of rotatable bonds is 3. The predicted octanol–water partition coefficient (Wildman–Crippen LogP) is 4.04.